The van der Waals surface area contributed by atoms with E-state index in [0.717, 1.165) is 49.5 Å². The van der Waals surface area contributed by atoms with Crippen molar-refractivity contribution in [1.82, 2.24) is 9.88 Å². The van der Waals surface area contributed by atoms with Crippen LogP contribution in [0.1, 0.15) is 29.9 Å². The summed E-state index contributed by atoms with van der Waals surface area (Å²) in [6.45, 7) is 6.46. The van der Waals surface area contributed by atoms with Crippen LogP contribution in [-0.4, -0.2) is 45.9 Å². The van der Waals surface area contributed by atoms with Crippen molar-refractivity contribution in [1.29, 1.82) is 0 Å². The van der Waals surface area contributed by atoms with Gasteiger partial charge in [-0.2, -0.15) is 0 Å². The van der Waals surface area contributed by atoms with Crippen molar-refractivity contribution >= 4 is 0 Å². The molecule has 24 heavy (non-hydrogen) atoms. The second kappa shape index (κ2) is 7.47. The van der Waals surface area contributed by atoms with Crippen LogP contribution in [-0.2, 0) is 6.54 Å². The molecule has 1 atom stereocenters. The summed E-state index contributed by atoms with van der Waals surface area (Å²) < 4.78 is 5.86. The Morgan fingerprint density at radius 2 is 2.04 bits per heavy atom. The number of aryl methyl sites for hydroxylation is 2. The normalized spacial score (nSPS) is 18.0. The van der Waals surface area contributed by atoms with Crippen molar-refractivity contribution in [3.05, 3.63) is 41.3 Å². The molecule has 130 valence electrons. The van der Waals surface area contributed by atoms with Gasteiger partial charge in [0.25, 0.3) is 0 Å². The van der Waals surface area contributed by atoms with Crippen molar-refractivity contribution in [3.8, 4) is 11.5 Å². The summed E-state index contributed by atoms with van der Waals surface area (Å²) in [6, 6.07) is 8.17. The monoisotopic (exact) mass is 330 g/mol. The first-order valence-electron chi connectivity index (χ1n) is 8.61. The first-order valence-corrected chi connectivity index (χ1v) is 8.61. The van der Waals surface area contributed by atoms with E-state index >= 15 is 0 Å². The zero-order chi connectivity index (χ0) is 17.1. The van der Waals surface area contributed by atoms with E-state index in [4.69, 9.17) is 9.52 Å². The number of hydrogen-bond acceptors (Lipinski definition) is 5. The molecule has 1 aliphatic heterocycles. The molecule has 5 heteroatoms. The van der Waals surface area contributed by atoms with Gasteiger partial charge < -0.3 is 14.6 Å². The molecule has 1 aromatic carbocycles. The number of hydrogen-bond donors (Lipinski definition) is 2. The van der Waals surface area contributed by atoms with Gasteiger partial charge in [0.2, 0.25) is 5.89 Å². The summed E-state index contributed by atoms with van der Waals surface area (Å²) in [5.74, 6) is 1.74. The lowest BCUT2D eigenvalue weighted by molar-refractivity contribution is 0.0170. The van der Waals surface area contributed by atoms with Gasteiger partial charge in [-0.3, -0.25) is 4.90 Å². The highest BCUT2D eigenvalue weighted by Gasteiger charge is 2.25. The molecule has 0 spiro atoms. The molecule has 2 aromatic rings. The summed E-state index contributed by atoms with van der Waals surface area (Å²) in [5, 5.41) is 18.8. The van der Waals surface area contributed by atoms with E-state index in [1.165, 1.54) is 5.56 Å². The van der Waals surface area contributed by atoms with Crippen LogP contribution in [0.2, 0.25) is 0 Å². The van der Waals surface area contributed by atoms with Crippen LogP contribution in [0.3, 0.4) is 0 Å². The molecule has 3 rings (SSSR count). The number of likely N-dealkylation sites (tertiary alicyclic amines) is 1. The van der Waals surface area contributed by atoms with E-state index in [9.17, 15) is 5.11 Å². The summed E-state index contributed by atoms with van der Waals surface area (Å²) in [7, 11) is 0. The lowest BCUT2D eigenvalue weighted by atomic mass is 9.91. The summed E-state index contributed by atoms with van der Waals surface area (Å²) in [4.78, 5) is 7.03. The van der Waals surface area contributed by atoms with Crippen LogP contribution < -0.4 is 0 Å². The number of rotatable bonds is 5. The zero-order valence-corrected chi connectivity index (χ0v) is 14.4. The largest absolute Gasteiger partial charge is 0.441 e. The molecule has 0 radical (unpaired) electrons. The van der Waals surface area contributed by atoms with Gasteiger partial charge in [-0.05, 0) is 57.8 Å². The van der Waals surface area contributed by atoms with Gasteiger partial charge in [-0.1, -0.05) is 17.7 Å². The summed E-state index contributed by atoms with van der Waals surface area (Å²) >= 11 is 0. The van der Waals surface area contributed by atoms with Gasteiger partial charge in [0, 0.05) is 12.1 Å². The highest BCUT2D eigenvalue weighted by atomic mass is 16.4. The number of aromatic nitrogens is 1. The maximum Gasteiger partial charge on any atom is 0.226 e. The van der Waals surface area contributed by atoms with Gasteiger partial charge in [0.1, 0.15) is 5.76 Å². The van der Waals surface area contributed by atoms with E-state index in [1.807, 2.05) is 19.1 Å². The SMILES string of the molecule is Cc1cccc(-c2nc(CN3CCC(C(O)CO)CC3)c(C)o2)c1. The topological polar surface area (TPSA) is 69.7 Å². The van der Waals surface area contributed by atoms with Crippen LogP contribution in [0.25, 0.3) is 11.5 Å². The quantitative estimate of drug-likeness (QED) is 0.881. The molecule has 0 amide bonds. The Morgan fingerprint density at radius 3 is 2.71 bits per heavy atom. The minimum absolute atomic E-state index is 0.146. The van der Waals surface area contributed by atoms with E-state index in [0.29, 0.717) is 5.89 Å². The van der Waals surface area contributed by atoms with Crippen LogP contribution in [0.5, 0.6) is 0 Å². The van der Waals surface area contributed by atoms with Crippen molar-refractivity contribution in [2.45, 2.75) is 39.3 Å². The van der Waals surface area contributed by atoms with Gasteiger partial charge in [0.15, 0.2) is 0 Å². The minimum Gasteiger partial charge on any atom is -0.441 e. The van der Waals surface area contributed by atoms with Crippen LogP contribution >= 0.6 is 0 Å². The molecule has 0 aliphatic carbocycles. The van der Waals surface area contributed by atoms with Gasteiger partial charge in [-0.25, -0.2) is 4.98 Å². The predicted molar refractivity (Wildman–Crippen MR) is 92.5 cm³/mol. The van der Waals surface area contributed by atoms with E-state index in [-0.39, 0.29) is 12.5 Å². The van der Waals surface area contributed by atoms with Crippen molar-refractivity contribution in [2.75, 3.05) is 19.7 Å². The second-order valence-electron chi connectivity index (χ2n) is 6.75. The molecule has 1 unspecified atom stereocenters. The van der Waals surface area contributed by atoms with Crippen molar-refractivity contribution in [2.24, 2.45) is 5.92 Å². The van der Waals surface area contributed by atoms with E-state index < -0.39 is 6.10 Å². The Hall–Kier alpha value is -1.69. The first-order chi connectivity index (χ1) is 11.6. The smallest absolute Gasteiger partial charge is 0.226 e. The standard InChI is InChI=1S/C19H26N2O3/c1-13-4-3-5-16(10-13)19-20-17(14(2)24-19)11-21-8-6-15(7-9-21)18(23)12-22/h3-5,10,15,18,22-23H,6-9,11-12H2,1-2H3. The molecular formula is C19H26N2O3. The van der Waals surface area contributed by atoms with Crippen LogP contribution in [0.15, 0.2) is 28.7 Å². The number of nitrogens with zero attached hydrogens (tertiary/aromatic N) is 2. The van der Waals surface area contributed by atoms with E-state index in [1.54, 1.807) is 0 Å². The summed E-state index contributed by atoms with van der Waals surface area (Å²) in [6.07, 6.45) is 1.22. The van der Waals surface area contributed by atoms with Crippen molar-refractivity contribution < 1.29 is 14.6 Å². The third kappa shape index (κ3) is 3.86. The Morgan fingerprint density at radius 1 is 1.29 bits per heavy atom. The number of aliphatic hydroxyl groups excluding tert-OH is 2. The Kier molecular flexibility index (Phi) is 5.33. The number of piperidine rings is 1. The molecule has 1 aliphatic rings. The highest BCUT2D eigenvalue weighted by molar-refractivity contribution is 5.54. The lowest BCUT2D eigenvalue weighted by Gasteiger charge is -2.33. The third-order valence-corrected chi connectivity index (χ3v) is 4.89. The molecule has 2 N–H and O–H groups in total. The second-order valence-corrected chi connectivity index (χ2v) is 6.75. The van der Waals surface area contributed by atoms with Gasteiger partial charge >= 0.3 is 0 Å². The average molecular weight is 330 g/mol. The number of oxazole rings is 1. The molecule has 5 nitrogen and oxygen atoms in total. The first kappa shape index (κ1) is 17.1. The third-order valence-electron chi connectivity index (χ3n) is 4.89. The number of benzene rings is 1. The fourth-order valence-corrected chi connectivity index (χ4v) is 3.33. The highest BCUT2D eigenvalue weighted by Crippen LogP contribution is 2.26. The van der Waals surface area contributed by atoms with Gasteiger partial charge in [-0.15, -0.1) is 0 Å². The van der Waals surface area contributed by atoms with E-state index in [2.05, 4.69) is 28.9 Å². The fourth-order valence-electron chi connectivity index (χ4n) is 3.33. The molecular weight excluding hydrogens is 304 g/mol. The maximum absolute atomic E-state index is 9.76. The molecule has 1 fully saturated rings. The Balaban J connectivity index is 1.65. The van der Waals surface area contributed by atoms with Gasteiger partial charge in [0.05, 0.1) is 18.4 Å². The zero-order valence-electron chi connectivity index (χ0n) is 14.4. The minimum atomic E-state index is -0.589. The lowest BCUT2D eigenvalue weighted by Crippen LogP contribution is -2.38. The fraction of sp³-hybridized carbons (Fsp3) is 0.526. The average Bonchev–Trinajstić information content (AvgIpc) is 2.96. The van der Waals surface area contributed by atoms with Crippen LogP contribution in [0, 0.1) is 19.8 Å². The summed E-state index contributed by atoms with van der Waals surface area (Å²) in [5.41, 5.74) is 3.18. The number of aliphatic hydroxyl groups is 2. The molecule has 0 bridgehead atoms. The Bertz CT molecular complexity index is 675. The molecule has 2 heterocycles. The molecule has 0 saturated carbocycles. The predicted octanol–water partition coefficient (Wildman–Crippen LogP) is 2.52. The Labute approximate surface area is 142 Å². The molecule has 1 saturated heterocycles. The maximum atomic E-state index is 9.76. The van der Waals surface area contributed by atoms with Crippen molar-refractivity contribution in [3.63, 3.8) is 0 Å². The van der Waals surface area contributed by atoms with Crippen LogP contribution in [0.4, 0.5) is 0 Å². The molecule has 1 aromatic heterocycles.